The number of rotatable bonds is 7. The van der Waals surface area contributed by atoms with Crippen molar-refractivity contribution in [1.82, 2.24) is 15.1 Å². The van der Waals surface area contributed by atoms with Crippen molar-refractivity contribution in [3.63, 3.8) is 0 Å². The second-order valence-corrected chi connectivity index (χ2v) is 7.43. The lowest BCUT2D eigenvalue weighted by atomic mass is 10.1. The molecule has 1 N–H and O–H groups in total. The van der Waals surface area contributed by atoms with Crippen molar-refractivity contribution in [3.8, 4) is 22.8 Å². The predicted octanol–water partition coefficient (Wildman–Crippen LogP) is 2.85. The number of carbonyl (C=O) groups is 1. The molecule has 0 atom stereocenters. The molecular formula is C21H20IN3O4. The second-order valence-electron chi connectivity index (χ2n) is 6.19. The lowest BCUT2D eigenvalue weighted by Crippen LogP contribution is -2.33. The van der Waals surface area contributed by atoms with Gasteiger partial charge in [-0.3, -0.25) is 9.59 Å². The van der Waals surface area contributed by atoms with Gasteiger partial charge in [-0.2, -0.15) is 5.10 Å². The van der Waals surface area contributed by atoms with Gasteiger partial charge in [0.1, 0.15) is 6.54 Å². The highest BCUT2D eigenvalue weighted by molar-refractivity contribution is 14.1. The van der Waals surface area contributed by atoms with E-state index in [0.29, 0.717) is 23.7 Å². The van der Waals surface area contributed by atoms with Crippen LogP contribution in [0.2, 0.25) is 0 Å². The summed E-state index contributed by atoms with van der Waals surface area (Å²) in [6, 6.07) is 16.2. The summed E-state index contributed by atoms with van der Waals surface area (Å²) in [6.45, 7) is 0.226. The van der Waals surface area contributed by atoms with Gasteiger partial charge in [0.15, 0.2) is 11.5 Å². The molecule has 0 aliphatic heterocycles. The first-order valence-corrected chi connectivity index (χ1v) is 9.89. The Morgan fingerprint density at radius 3 is 2.45 bits per heavy atom. The van der Waals surface area contributed by atoms with E-state index in [2.05, 4.69) is 33.0 Å². The summed E-state index contributed by atoms with van der Waals surface area (Å²) >= 11 is 2.22. The highest BCUT2D eigenvalue weighted by Gasteiger charge is 2.11. The number of nitrogens with zero attached hydrogens (tertiary/aromatic N) is 2. The number of halogens is 1. The van der Waals surface area contributed by atoms with Crippen molar-refractivity contribution in [2.24, 2.45) is 0 Å². The minimum Gasteiger partial charge on any atom is -0.493 e. The Morgan fingerprint density at radius 2 is 1.76 bits per heavy atom. The summed E-state index contributed by atoms with van der Waals surface area (Å²) in [4.78, 5) is 24.4. The van der Waals surface area contributed by atoms with E-state index >= 15 is 0 Å². The van der Waals surface area contributed by atoms with Gasteiger partial charge in [0.05, 0.1) is 19.9 Å². The minimum absolute atomic E-state index is 0.162. The summed E-state index contributed by atoms with van der Waals surface area (Å²) in [5.74, 6) is 0.863. The third-order valence-electron chi connectivity index (χ3n) is 4.24. The number of aromatic nitrogens is 2. The van der Waals surface area contributed by atoms with Crippen molar-refractivity contribution in [2.75, 3.05) is 14.2 Å². The highest BCUT2D eigenvalue weighted by atomic mass is 127. The van der Waals surface area contributed by atoms with Crippen LogP contribution >= 0.6 is 22.6 Å². The minimum atomic E-state index is -0.348. The molecule has 0 spiro atoms. The zero-order valence-electron chi connectivity index (χ0n) is 16.0. The van der Waals surface area contributed by atoms with Crippen molar-refractivity contribution >= 4 is 28.5 Å². The van der Waals surface area contributed by atoms with Crippen LogP contribution in [0.5, 0.6) is 11.5 Å². The van der Waals surface area contributed by atoms with Crippen molar-refractivity contribution in [1.29, 1.82) is 0 Å². The number of hydrogen-bond acceptors (Lipinski definition) is 5. The van der Waals surface area contributed by atoms with E-state index in [1.54, 1.807) is 32.4 Å². The molecule has 0 aliphatic rings. The van der Waals surface area contributed by atoms with Crippen molar-refractivity contribution in [2.45, 2.75) is 13.1 Å². The van der Waals surface area contributed by atoms with E-state index in [-0.39, 0.29) is 18.0 Å². The topological polar surface area (TPSA) is 82.5 Å². The van der Waals surface area contributed by atoms with Gasteiger partial charge >= 0.3 is 0 Å². The number of carbonyl (C=O) groups excluding carboxylic acids is 1. The van der Waals surface area contributed by atoms with Crippen LogP contribution in [0.15, 0.2) is 59.4 Å². The molecule has 8 heteroatoms. The third kappa shape index (κ3) is 5.35. The van der Waals surface area contributed by atoms with Crippen LogP contribution in [0.1, 0.15) is 5.56 Å². The van der Waals surface area contributed by atoms with E-state index in [4.69, 9.17) is 9.47 Å². The quantitative estimate of drug-likeness (QED) is 0.500. The number of benzene rings is 2. The Morgan fingerprint density at radius 1 is 1.03 bits per heavy atom. The maximum atomic E-state index is 12.3. The summed E-state index contributed by atoms with van der Waals surface area (Å²) < 4.78 is 12.8. The molecule has 3 aromatic rings. The average molecular weight is 505 g/mol. The Balaban J connectivity index is 1.74. The zero-order chi connectivity index (χ0) is 20.8. The van der Waals surface area contributed by atoms with Gasteiger partial charge in [0.2, 0.25) is 5.91 Å². The molecule has 0 unspecified atom stereocenters. The Bertz CT molecular complexity index is 1060. The molecule has 1 aromatic heterocycles. The number of methoxy groups -OCH3 is 2. The molecule has 0 fully saturated rings. The molecule has 150 valence electrons. The molecule has 1 amide bonds. The number of hydrogen-bond donors (Lipinski definition) is 1. The van der Waals surface area contributed by atoms with Crippen LogP contribution in [-0.2, 0) is 17.9 Å². The Kier molecular flexibility index (Phi) is 6.86. The number of ether oxygens (including phenoxy) is 2. The molecule has 1 heterocycles. The number of amides is 1. The fraction of sp³-hybridized carbons (Fsp3) is 0.190. The molecule has 2 aromatic carbocycles. The fourth-order valence-corrected chi connectivity index (χ4v) is 3.07. The lowest BCUT2D eigenvalue weighted by Gasteiger charge is -2.11. The van der Waals surface area contributed by atoms with Crippen LogP contribution in [0.25, 0.3) is 11.3 Å². The normalized spacial score (nSPS) is 10.4. The van der Waals surface area contributed by atoms with E-state index in [9.17, 15) is 9.59 Å². The largest absolute Gasteiger partial charge is 0.493 e. The first kappa shape index (κ1) is 20.8. The molecule has 7 nitrogen and oxygen atoms in total. The summed E-state index contributed by atoms with van der Waals surface area (Å²) in [5.41, 5.74) is 1.93. The molecule has 0 bridgehead atoms. The van der Waals surface area contributed by atoms with Crippen LogP contribution in [0.4, 0.5) is 0 Å². The fourth-order valence-electron chi connectivity index (χ4n) is 2.71. The first-order chi connectivity index (χ1) is 14.0. The Hall–Kier alpha value is -2.88. The maximum absolute atomic E-state index is 12.3. The van der Waals surface area contributed by atoms with Crippen LogP contribution in [0.3, 0.4) is 0 Å². The Labute approximate surface area is 181 Å². The predicted molar refractivity (Wildman–Crippen MR) is 118 cm³/mol. The molecule has 0 aliphatic carbocycles. The molecule has 0 saturated heterocycles. The molecule has 3 rings (SSSR count). The SMILES string of the molecule is COc1ccc(-c2ccc(=O)n(CC(=O)NCc3ccc(I)cc3)n2)cc1OC. The average Bonchev–Trinajstić information content (AvgIpc) is 2.74. The maximum Gasteiger partial charge on any atom is 0.267 e. The zero-order valence-corrected chi connectivity index (χ0v) is 18.2. The molecule has 0 saturated carbocycles. The van der Waals surface area contributed by atoms with Gasteiger partial charge in [-0.1, -0.05) is 12.1 Å². The highest BCUT2D eigenvalue weighted by Crippen LogP contribution is 2.31. The van der Waals surface area contributed by atoms with Crippen LogP contribution in [-0.4, -0.2) is 29.9 Å². The van der Waals surface area contributed by atoms with Crippen molar-refractivity contribution in [3.05, 3.63) is 74.1 Å². The monoisotopic (exact) mass is 505 g/mol. The molecule has 29 heavy (non-hydrogen) atoms. The third-order valence-corrected chi connectivity index (χ3v) is 4.96. The summed E-state index contributed by atoms with van der Waals surface area (Å²) in [7, 11) is 3.11. The van der Waals surface area contributed by atoms with Gasteiger partial charge in [-0.05, 0) is 64.6 Å². The van der Waals surface area contributed by atoms with E-state index in [1.165, 1.54) is 6.07 Å². The number of nitrogens with one attached hydrogen (secondary N) is 1. The van der Waals surface area contributed by atoms with Crippen LogP contribution < -0.4 is 20.3 Å². The standard InChI is InChI=1S/C21H20IN3O4/c1-28-18-9-5-15(11-19(18)29-2)17-8-10-21(27)25(24-17)13-20(26)23-12-14-3-6-16(22)7-4-14/h3-11H,12-13H2,1-2H3,(H,23,26). The van der Waals surface area contributed by atoms with E-state index in [1.807, 2.05) is 30.3 Å². The van der Waals surface area contributed by atoms with Gasteiger partial charge in [0, 0.05) is 21.7 Å². The van der Waals surface area contributed by atoms with Gasteiger partial charge in [0.25, 0.3) is 5.56 Å². The van der Waals surface area contributed by atoms with E-state index < -0.39 is 0 Å². The summed E-state index contributed by atoms with van der Waals surface area (Å²) in [5, 5.41) is 7.14. The van der Waals surface area contributed by atoms with E-state index in [0.717, 1.165) is 19.4 Å². The molecule has 0 radical (unpaired) electrons. The first-order valence-electron chi connectivity index (χ1n) is 8.82. The lowest BCUT2D eigenvalue weighted by molar-refractivity contribution is -0.122. The van der Waals surface area contributed by atoms with Crippen LogP contribution in [0, 0.1) is 3.57 Å². The van der Waals surface area contributed by atoms with Gasteiger partial charge in [-0.25, -0.2) is 4.68 Å². The second kappa shape index (κ2) is 9.55. The smallest absolute Gasteiger partial charge is 0.267 e. The van der Waals surface area contributed by atoms with Gasteiger partial charge in [-0.15, -0.1) is 0 Å². The van der Waals surface area contributed by atoms with Crippen molar-refractivity contribution < 1.29 is 14.3 Å². The van der Waals surface area contributed by atoms with Gasteiger partial charge < -0.3 is 14.8 Å². The molecular weight excluding hydrogens is 485 g/mol. The summed E-state index contributed by atoms with van der Waals surface area (Å²) in [6.07, 6.45) is 0.